The first-order valence-electron chi connectivity index (χ1n) is 8.10. The summed E-state index contributed by atoms with van der Waals surface area (Å²) < 4.78 is 11.0. The molecular weight excluding hydrogens is 320 g/mol. The van der Waals surface area contributed by atoms with Gasteiger partial charge in [0, 0.05) is 12.1 Å². The van der Waals surface area contributed by atoms with E-state index in [-0.39, 0.29) is 12.5 Å². The van der Waals surface area contributed by atoms with Crippen molar-refractivity contribution in [2.24, 2.45) is 5.16 Å². The number of hydrogen-bond acceptors (Lipinski definition) is 5. The lowest BCUT2D eigenvalue weighted by Crippen LogP contribution is -2.30. The number of nitrogens with one attached hydrogen (secondary N) is 1. The number of benzene rings is 2. The Labute approximate surface area is 147 Å². The third-order valence-electron chi connectivity index (χ3n) is 3.41. The topological polar surface area (TPSA) is 80.2 Å². The SMILES string of the molecule is CCOc1cc(C=NO)ccc1OCC(=O)NCCc1ccccc1. The van der Waals surface area contributed by atoms with E-state index in [4.69, 9.17) is 14.7 Å². The second-order valence-corrected chi connectivity index (χ2v) is 5.26. The van der Waals surface area contributed by atoms with Crippen molar-refractivity contribution in [2.75, 3.05) is 19.8 Å². The molecule has 0 fully saturated rings. The Morgan fingerprint density at radius 2 is 1.96 bits per heavy atom. The predicted octanol–water partition coefficient (Wildman–Crippen LogP) is 2.63. The maximum Gasteiger partial charge on any atom is 0.257 e. The fourth-order valence-electron chi connectivity index (χ4n) is 2.24. The second kappa shape index (κ2) is 9.97. The highest BCUT2D eigenvalue weighted by Gasteiger charge is 2.09. The van der Waals surface area contributed by atoms with Gasteiger partial charge in [0.05, 0.1) is 12.8 Å². The van der Waals surface area contributed by atoms with Crippen LogP contribution in [0.5, 0.6) is 11.5 Å². The Bertz CT molecular complexity index is 702. The van der Waals surface area contributed by atoms with E-state index in [0.29, 0.717) is 30.2 Å². The molecule has 0 radical (unpaired) electrons. The molecule has 6 heteroatoms. The number of oxime groups is 1. The summed E-state index contributed by atoms with van der Waals surface area (Å²) in [5, 5.41) is 14.4. The van der Waals surface area contributed by atoms with Crippen molar-refractivity contribution in [1.29, 1.82) is 0 Å². The van der Waals surface area contributed by atoms with E-state index in [1.54, 1.807) is 18.2 Å². The van der Waals surface area contributed by atoms with Crippen LogP contribution in [0.15, 0.2) is 53.7 Å². The van der Waals surface area contributed by atoms with Crippen LogP contribution < -0.4 is 14.8 Å². The van der Waals surface area contributed by atoms with E-state index in [1.807, 2.05) is 37.3 Å². The molecule has 0 aliphatic heterocycles. The highest BCUT2D eigenvalue weighted by atomic mass is 16.5. The van der Waals surface area contributed by atoms with Gasteiger partial charge in [-0.1, -0.05) is 35.5 Å². The van der Waals surface area contributed by atoms with E-state index in [2.05, 4.69) is 10.5 Å². The molecule has 0 heterocycles. The first-order valence-corrected chi connectivity index (χ1v) is 8.10. The second-order valence-electron chi connectivity index (χ2n) is 5.26. The van der Waals surface area contributed by atoms with E-state index < -0.39 is 0 Å². The van der Waals surface area contributed by atoms with Crippen LogP contribution in [0.4, 0.5) is 0 Å². The molecule has 0 unspecified atom stereocenters. The van der Waals surface area contributed by atoms with Crippen LogP contribution in [0, 0.1) is 0 Å². The van der Waals surface area contributed by atoms with Crippen molar-refractivity contribution in [3.05, 3.63) is 59.7 Å². The van der Waals surface area contributed by atoms with E-state index in [0.717, 1.165) is 6.42 Å². The van der Waals surface area contributed by atoms with Gasteiger partial charge < -0.3 is 20.0 Å². The first-order chi connectivity index (χ1) is 12.2. The molecule has 25 heavy (non-hydrogen) atoms. The zero-order valence-electron chi connectivity index (χ0n) is 14.1. The fraction of sp³-hybridized carbons (Fsp3) is 0.263. The van der Waals surface area contributed by atoms with Crippen LogP contribution in [-0.2, 0) is 11.2 Å². The summed E-state index contributed by atoms with van der Waals surface area (Å²) in [5.74, 6) is 0.770. The number of carbonyl (C=O) groups excluding carboxylic acids is 1. The third kappa shape index (κ3) is 6.18. The third-order valence-corrected chi connectivity index (χ3v) is 3.41. The molecule has 0 atom stereocenters. The van der Waals surface area contributed by atoms with Gasteiger partial charge in [-0.2, -0.15) is 0 Å². The van der Waals surface area contributed by atoms with Gasteiger partial charge in [-0.15, -0.1) is 0 Å². The van der Waals surface area contributed by atoms with E-state index >= 15 is 0 Å². The minimum atomic E-state index is -0.195. The lowest BCUT2D eigenvalue weighted by molar-refractivity contribution is -0.123. The average molecular weight is 342 g/mol. The molecule has 0 bridgehead atoms. The molecule has 2 aromatic carbocycles. The molecule has 2 N–H and O–H groups in total. The number of nitrogens with zero attached hydrogens (tertiary/aromatic N) is 1. The standard InChI is InChI=1S/C19H22N2O4/c1-2-24-18-12-16(13-21-23)8-9-17(18)25-14-19(22)20-11-10-15-6-4-3-5-7-15/h3-9,12-13,23H,2,10-11,14H2,1H3,(H,20,22). The van der Waals surface area contributed by atoms with Gasteiger partial charge in [0.25, 0.3) is 5.91 Å². The summed E-state index contributed by atoms with van der Waals surface area (Å²) in [6.45, 7) is 2.77. The van der Waals surface area contributed by atoms with Gasteiger partial charge in [0.15, 0.2) is 18.1 Å². The lowest BCUT2D eigenvalue weighted by Gasteiger charge is -2.12. The van der Waals surface area contributed by atoms with Gasteiger partial charge >= 0.3 is 0 Å². The Balaban J connectivity index is 1.84. The average Bonchev–Trinajstić information content (AvgIpc) is 2.62. The molecule has 1 amide bonds. The van der Waals surface area contributed by atoms with Crippen molar-refractivity contribution < 1.29 is 19.5 Å². The highest BCUT2D eigenvalue weighted by Crippen LogP contribution is 2.28. The fourth-order valence-corrected chi connectivity index (χ4v) is 2.24. The largest absolute Gasteiger partial charge is 0.490 e. The van der Waals surface area contributed by atoms with E-state index in [9.17, 15) is 4.79 Å². The zero-order valence-corrected chi connectivity index (χ0v) is 14.1. The van der Waals surface area contributed by atoms with Crippen LogP contribution in [0.3, 0.4) is 0 Å². The van der Waals surface area contributed by atoms with Gasteiger partial charge in [-0.05, 0) is 37.1 Å². The number of rotatable bonds is 9. The van der Waals surface area contributed by atoms with Crippen molar-refractivity contribution >= 4 is 12.1 Å². The minimum absolute atomic E-state index is 0.0949. The molecule has 0 aromatic heterocycles. The minimum Gasteiger partial charge on any atom is -0.490 e. The van der Waals surface area contributed by atoms with Crippen LogP contribution in [0.25, 0.3) is 0 Å². The number of hydrogen-bond donors (Lipinski definition) is 2. The Morgan fingerprint density at radius 1 is 1.16 bits per heavy atom. The Morgan fingerprint density at radius 3 is 2.68 bits per heavy atom. The molecule has 0 aliphatic carbocycles. The summed E-state index contributed by atoms with van der Waals surface area (Å²) in [6.07, 6.45) is 2.06. The van der Waals surface area contributed by atoms with Crippen LogP contribution in [0.1, 0.15) is 18.1 Å². The summed E-state index contributed by atoms with van der Waals surface area (Å²) in [7, 11) is 0. The van der Waals surface area contributed by atoms with Crippen LogP contribution >= 0.6 is 0 Å². The zero-order chi connectivity index (χ0) is 17.9. The van der Waals surface area contributed by atoms with Crippen molar-refractivity contribution in [3.63, 3.8) is 0 Å². The van der Waals surface area contributed by atoms with Crippen LogP contribution in [-0.4, -0.2) is 37.1 Å². The van der Waals surface area contributed by atoms with Crippen molar-refractivity contribution in [3.8, 4) is 11.5 Å². The summed E-state index contributed by atoms with van der Waals surface area (Å²) in [6, 6.07) is 15.0. The maximum atomic E-state index is 11.9. The molecule has 0 aliphatic rings. The number of carbonyl (C=O) groups is 1. The normalized spacial score (nSPS) is 10.6. The first kappa shape index (κ1) is 18.3. The summed E-state index contributed by atoms with van der Waals surface area (Å²) in [5.41, 5.74) is 1.84. The highest BCUT2D eigenvalue weighted by molar-refractivity contribution is 5.80. The molecule has 0 spiro atoms. The summed E-state index contributed by atoms with van der Waals surface area (Å²) >= 11 is 0. The number of amides is 1. The van der Waals surface area contributed by atoms with Crippen LogP contribution in [0.2, 0.25) is 0 Å². The van der Waals surface area contributed by atoms with Crippen molar-refractivity contribution in [1.82, 2.24) is 5.32 Å². The summed E-state index contributed by atoms with van der Waals surface area (Å²) in [4.78, 5) is 11.9. The van der Waals surface area contributed by atoms with Crippen molar-refractivity contribution in [2.45, 2.75) is 13.3 Å². The lowest BCUT2D eigenvalue weighted by atomic mass is 10.1. The van der Waals surface area contributed by atoms with E-state index in [1.165, 1.54) is 11.8 Å². The predicted molar refractivity (Wildman–Crippen MR) is 95.6 cm³/mol. The van der Waals surface area contributed by atoms with Gasteiger partial charge in [-0.3, -0.25) is 4.79 Å². The van der Waals surface area contributed by atoms with Gasteiger partial charge in [0.1, 0.15) is 0 Å². The molecule has 2 rings (SSSR count). The maximum absolute atomic E-state index is 11.9. The molecule has 132 valence electrons. The molecule has 0 saturated heterocycles. The Hall–Kier alpha value is -3.02. The molecule has 6 nitrogen and oxygen atoms in total. The Kier molecular flexibility index (Phi) is 7.31. The smallest absolute Gasteiger partial charge is 0.257 e. The van der Waals surface area contributed by atoms with Gasteiger partial charge in [0.2, 0.25) is 0 Å². The monoisotopic (exact) mass is 342 g/mol. The molecule has 2 aromatic rings. The molecular formula is C19H22N2O4. The van der Waals surface area contributed by atoms with Gasteiger partial charge in [-0.25, -0.2) is 0 Å². The number of ether oxygens (including phenoxy) is 2. The quantitative estimate of drug-likeness (QED) is 0.417. The molecule has 0 saturated carbocycles.